The summed E-state index contributed by atoms with van der Waals surface area (Å²) in [5.41, 5.74) is 3.76. The highest BCUT2D eigenvalue weighted by Crippen LogP contribution is 2.21. The van der Waals surface area contributed by atoms with Crippen molar-refractivity contribution in [3.8, 4) is 11.1 Å². The van der Waals surface area contributed by atoms with Crippen LogP contribution in [0.2, 0.25) is 5.02 Å². The Bertz CT molecular complexity index is 890. The third-order valence-corrected chi connectivity index (χ3v) is 6.30. The van der Waals surface area contributed by atoms with Crippen LogP contribution < -0.4 is 4.72 Å². The van der Waals surface area contributed by atoms with Crippen molar-refractivity contribution in [1.29, 1.82) is 0 Å². The Balaban J connectivity index is 1.30. The molecule has 1 saturated heterocycles. The number of halogens is 1. The van der Waals surface area contributed by atoms with Gasteiger partial charge in [0.2, 0.25) is 0 Å². The Morgan fingerprint density at radius 3 is 2.50 bits per heavy atom. The fraction of sp³-hybridized carbons (Fsp3) is 0.227. The van der Waals surface area contributed by atoms with E-state index in [1.54, 1.807) is 12.1 Å². The van der Waals surface area contributed by atoms with Crippen LogP contribution in [0.3, 0.4) is 0 Å². The molecule has 0 spiro atoms. The smallest absolute Gasteiger partial charge is 0.265 e. The number of rotatable bonds is 6. The number of nitrogens with zero attached hydrogens (tertiary/aromatic N) is 2. The van der Waals surface area contributed by atoms with Crippen LogP contribution >= 0.6 is 11.6 Å². The third-order valence-electron chi connectivity index (χ3n) is 4.90. The normalized spacial score (nSPS) is 18.3. The molecule has 4 nitrogen and oxygen atoms in total. The zero-order valence-electron chi connectivity index (χ0n) is 15.4. The molecule has 6 heteroatoms. The average Bonchev–Trinajstić information content (AvgIpc) is 3.16. The number of aromatic nitrogens is 1. The second-order valence-electron chi connectivity index (χ2n) is 6.98. The number of hydrogen-bond donors (Lipinski definition) is 1. The third kappa shape index (κ3) is 4.93. The molecule has 4 rings (SSSR count). The minimum atomic E-state index is -1.31. The van der Waals surface area contributed by atoms with Crippen molar-refractivity contribution in [3.05, 3.63) is 83.5 Å². The summed E-state index contributed by atoms with van der Waals surface area (Å²) < 4.78 is 15.6. The first-order valence-corrected chi connectivity index (χ1v) is 10.9. The summed E-state index contributed by atoms with van der Waals surface area (Å²) in [5, 5.41) is 1.06. The number of benzene rings is 2. The van der Waals surface area contributed by atoms with Crippen molar-refractivity contribution >= 4 is 23.0 Å². The number of hydrogen-bond acceptors (Lipinski definition) is 4. The molecule has 0 bridgehead atoms. The Morgan fingerprint density at radius 2 is 1.79 bits per heavy atom. The van der Waals surface area contributed by atoms with Gasteiger partial charge in [-0.25, -0.2) is 4.98 Å². The Morgan fingerprint density at radius 1 is 1.04 bits per heavy atom. The SMILES string of the molecule is [O-][S@+](N[C@@H]1CCN(Cc2ccc(-c3ccccc3)cc2)C1)c1ccc(Cl)cn1. The summed E-state index contributed by atoms with van der Waals surface area (Å²) in [6.07, 6.45) is 2.50. The van der Waals surface area contributed by atoms with Crippen LogP contribution in [-0.2, 0) is 17.9 Å². The summed E-state index contributed by atoms with van der Waals surface area (Å²) in [6, 6.07) is 22.8. The molecule has 144 valence electrons. The maximum absolute atomic E-state index is 12.4. The quantitative estimate of drug-likeness (QED) is 0.615. The van der Waals surface area contributed by atoms with Gasteiger partial charge in [0, 0.05) is 25.7 Å². The van der Waals surface area contributed by atoms with Crippen molar-refractivity contribution in [1.82, 2.24) is 14.6 Å². The monoisotopic (exact) mass is 411 g/mol. The van der Waals surface area contributed by atoms with Gasteiger partial charge in [-0.1, -0.05) is 66.2 Å². The van der Waals surface area contributed by atoms with E-state index in [-0.39, 0.29) is 6.04 Å². The zero-order valence-corrected chi connectivity index (χ0v) is 17.0. The fourth-order valence-corrected chi connectivity index (χ4v) is 4.52. The lowest BCUT2D eigenvalue weighted by atomic mass is 10.0. The van der Waals surface area contributed by atoms with E-state index >= 15 is 0 Å². The van der Waals surface area contributed by atoms with Crippen LogP contribution in [0.25, 0.3) is 11.1 Å². The molecule has 1 fully saturated rings. The molecular formula is C22H22ClN3OS. The first kappa shape index (κ1) is 19.4. The van der Waals surface area contributed by atoms with Gasteiger partial charge in [0.05, 0.1) is 28.6 Å². The van der Waals surface area contributed by atoms with Gasteiger partial charge in [-0.2, -0.15) is 0 Å². The molecule has 0 unspecified atom stereocenters. The van der Waals surface area contributed by atoms with Crippen molar-refractivity contribution in [2.24, 2.45) is 0 Å². The molecule has 3 aromatic rings. The average molecular weight is 412 g/mol. The van der Waals surface area contributed by atoms with Gasteiger partial charge in [-0.3, -0.25) is 4.90 Å². The van der Waals surface area contributed by atoms with Crippen molar-refractivity contribution < 1.29 is 4.55 Å². The molecule has 0 aliphatic carbocycles. The molecular weight excluding hydrogens is 390 g/mol. The van der Waals surface area contributed by atoms with E-state index in [9.17, 15) is 4.55 Å². The van der Waals surface area contributed by atoms with Crippen LogP contribution in [0.1, 0.15) is 12.0 Å². The first-order chi connectivity index (χ1) is 13.7. The molecule has 28 heavy (non-hydrogen) atoms. The first-order valence-electron chi connectivity index (χ1n) is 9.33. The summed E-state index contributed by atoms with van der Waals surface area (Å²) in [7, 11) is 0. The highest BCUT2D eigenvalue weighted by molar-refractivity contribution is 7.89. The predicted octanol–water partition coefficient (Wildman–Crippen LogP) is 4.29. The van der Waals surface area contributed by atoms with Crippen LogP contribution in [0.4, 0.5) is 0 Å². The number of likely N-dealkylation sites (tertiary alicyclic amines) is 1. The van der Waals surface area contributed by atoms with Crippen LogP contribution in [0.15, 0.2) is 78.0 Å². The van der Waals surface area contributed by atoms with Crippen LogP contribution in [-0.4, -0.2) is 33.6 Å². The van der Waals surface area contributed by atoms with E-state index in [1.807, 2.05) is 6.07 Å². The summed E-state index contributed by atoms with van der Waals surface area (Å²) in [4.78, 5) is 6.52. The highest BCUT2D eigenvalue weighted by atomic mass is 35.5. The lowest BCUT2D eigenvalue weighted by Crippen LogP contribution is -2.37. The van der Waals surface area contributed by atoms with Gasteiger partial charge in [0.1, 0.15) is 0 Å². The minimum absolute atomic E-state index is 0.196. The molecule has 2 aromatic carbocycles. The largest absolute Gasteiger partial charge is 0.592 e. The summed E-state index contributed by atoms with van der Waals surface area (Å²) in [6.45, 7) is 2.77. The number of nitrogens with one attached hydrogen (secondary N) is 1. The second kappa shape index (κ2) is 9.07. The van der Waals surface area contributed by atoms with E-state index in [1.165, 1.54) is 22.9 Å². The Kier molecular flexibility index (Phi) is 6.29. The van der Waals surface area contributed by atoms with Crippen molar-refractivity contribution in [2.75, 3.05) is 13.1 Å². The second-order valence-corrected chi connectivity index (χ2v) is 8.61. The number of pyridine rings is 1. The van der Waals surface area contributed by atoms with E-state index in [4.69, 9.17) is 11.6 Å². The molecule has 0 saturated carbocycles. The van der Waals surface area contributed by atoms with E-state index in [0.29, 0.717) is 10.0 Å². The predicted molar refractivity (Wildman–Crippen MR) is 114 cm³/mol. The zero-order chi connectivity index (χ0) is 19.3. The fourth-order valence-electron chi connectivity index (χ4n) is 3.45. The molecule has 1 aliphatic rings. The minimum Gasteiger partial charge on any atom is -0.592 e. The van der Waals surface area contributed by atoms with Crippen molar-refractivity contribution in [2.45, 2.75) is 24.0 Å². The molecule has 1 aromatic heterocycles. The van der Waals surface area contributed by atoms with Gasteiger partial charge in [0.25, 0.3) is 5.03 Å². The van der Waals surface area contributed by atoms with E-state index in [0.717, 1.165) is 26.1 Å². The standard InChI is InChI=1S/C22H22ClN3OS/c23-20-10-11-22(24-14-20)28(27)25-21-12-13-26(16-21)15-17-6-8-19(9-7-17)18-4-2-1-3-5-18/h1-11,14,21,25H,12-13,15-16H2/t21-,28+/m1/s1. The Labute approximate surface area is 173 Å². The molecule has 0 radical (unpaired) electrons. The molecule has 1 aliphatic heterocycles. The Hall–Kier alpha value is -1.89. The topological polar surface area (TPSA) is 51.2 Å². The molecule has 2 heterocycles. The molecule has 0 amide bonds. The molecule has 2 atom stereocenters. The van der Waals surface area contributed by atoms with Crippen LogP contribution in [0, 0.1) is 0 Å². The lowest BCUT2D eigenvalue weighted by Gasteiger charge is -2.17. The molecule has 1 N–H and O–H groups in total. The van der Waals surface area contributed by atoms with Gasteiger partial charge < -0.3 is 4.55 Å². The maximum atomic E-state index is 12.4. The van der Waals surface area contributed by atoms with Crippen molar-refractivity contribution in [3.63, 3.8) is 0 Å². The summed E-state index contributed by atoms with van der Waals surface area (Å²) in [5.74, 6) is 0. The summed E-state index contributed by atoms with van der Waals surface area (Å²) >= 11 is 4.53. The van der Waals surface area contributed by atoms with Gasteiger partial charge in [-0.15, -0.1) is 4.72 Å². The van der Waals surface area contributed by atoms with Gasteiger partial charge >= 0.3 is 0 Å². The lowest BCUT2D eigenvalue weighted by molar-refractivity contribution is 0.324. The highest BCUT2D eigenvalue weighted by Gasteiger charge is 2.27. The van der Waals surface area contributed by atoms with E-state index < -0.39 is 11.4 Å². The maximum Gasteiger partial charge on any atom is 0.265 e. The van der Waals surface area contributed by atoms with Gasteiger partial charge in [0.15, 0.2) is 0 Å². The van der Waals surface area contributed by atoms with E-state index in [2.05, 4.69) is 63.1 Å². The van der Waals surface area contributed by atoms with Gasteiger partial charge in [-0.05, 0) is 29.2 Å². The van der Waals surface area contributed by atoms with Crippen LogP contribution in [0.5, 0.6) is 0 Å².